The summed E-state index contributed by atoms with van der Waals surface area (Å²) in [6.45, 7) is 2.74. The van der Waals surface area contributed by atoms with Gasteiger partial charge in [0.05, 0.1) is 7.11 Å². The van der Waals surface area contributed by atoms with Crippen molar-refractivity contribution < 1.29 is 13.9 Å². The van der Waals surface area contributed by atoms with Crippen LogP contribution < -0.4 is 15.4 Å². The molecule has 1 aromatic rings. The monoisotopic (exact) mass is 433 g/mol. The van der Waals surface area contributed by atoms with Crippen LogP contribution >= 0.6 is 0 Å². The molecule has 0 spiro atoms. The number of carbonyl (C=O) groups is 1. The molecule has 2 N–H and O–H groups in total. The number of amides is 1. The summed E-state index contributed by atoms with van der Waals surface area (Å²) >= 11 is 0. The third kappa shape index (κ3) is 7.09. The predicted octanol–water partition coefficient (Wildman–Crippen LogP) is 2.36. The summed E-state index contributed by atoms with van der Waals surface area (Å²) in [5.74, 6) is 0.704. The van der Waals surface area contributed by atoms with Gasteiger partial charge in [0.2, 0.25) is 5.91 Å². The zero-order valence-corrected chi connectivity index (χ0v) is 19.0. The van der Waals surface area contributed by atoms with Crippen LogP contribution in [0.1, 0.15) is 44.1 Å². The number of carbonyl (C=O) groups excluding carboxylic acids is 1. The maximum absolute atomic E-state index is 14.0. The highest BCUT2D eigenvalue weighted by Crippen LogP contribution is 2.21. The Labute approximate surface area is 185 Å². The third-order valence-corrected chi connectivity index (χ3v) is 6.12. The molecule has 1 aromatic carbocycles. The van der Waals surface area contributed by atoms with Gasteiger partial charge >= 0.3 is 0 Å². The number of hydrogen-bond donors (Lipinski definition) is 2. The van der Waals surface area contributed by atoms with E-state index in [2.05, 4.69) is 20.5 Å². The SMILES string of the molecule is COc1ccc(CN2CCC(NC(=NCC(=O)N(C)C)NC3CCCC3)CC2)cc1F. The van der Waals surface area contributed by atoms with Crippen molar-refractivity contribution >= 4 is 11.9 Å². The Balaban J connectivity index is 1.51. The van der Waals surface area contributed by atoms with Crippen molar-refractivity contribution in [2.45, 2.75) is 57.2 Å². The second-order valence-electron chi connectivity index (χ2n) is 8.74. The summed E-state index contributed by atoms with van der Waals surface area (Å²) in [6, 6.07) is 5.91. The Morgan fingerprint density at radius 3 is 2.39 bits per heavy atom. The van der Waals surface area contributed by atoms with Gasteiger partial charge in [-0.1, -0.05) is 18.9 Å². The molecule has 0 radical (unpaired) electrons. The van der Waals surface area contributed by atoms with Crippen LogP contribution in [0, 0.1) is 5.82 Å². The molecule has 1 saturated carbocycles. The molecule has 0 unspecified atom stereocenters. The fourth-order valence-electron chi connectivity index (χ4n) is 4.18. The van der Waals surface area contributed by atoms with Crippen LogP contribution in [0.2, 0.25) is 0 Å². The lowest BCUT2D eigenvalue weighted by Crippen LogP contribution is -2.50. The van der Waals surface area contributed by atoms with Crippen molar-refractivity contribution in [3.05, 3.63) is 29.6 Å². The number of aliphatic imine (C=N–C) groups is 1. The lowest BCUT2D eigenvalue weighted by Gasteiger charge is -2.33. The number of nitrogens with zero attached hydrogens (tertiary/aromatic N) is 3. The van der Waals surface area contributed by atoms with E-state index in [4.69, 9.17) is 4.74 Å². The molecule has 2 aliphatic rings. The second-order valence-corrected chi connectivity index (χ2v) is 8.74. The van der Waals surface area contributed by atoms with E-state index in [0.29, 0.717) is 12.1 Å². The minimum atomic E-state index is -0.317. The average molecular weight is 434 g/mol. The molecule has 172 valence electrons. The molecule has 1 aliphatic carbocycles. The topological polar surface area (TPSA) is 69.2 Å². The first-order valence-corrected chi connectivity index (χ1v) is 11.3. The second kappa shape index (κ2) is 11.3. The summed E-state index contributed by atoms with van der Waals surface area (Å²) in [5.41, 5.74) is 0.956. The molecule has 1 heterocycles. The molecule has 0 aromatic heterocycles. The van der Waals surface area contributed by atoms with Crippen LogP contribution in [0.4, 0.5) is 4.39 Å². The predicted molar refractivity (Wildman–Crippen MR) is 121 cm³/mol. The van der Waals surface area contributed by atoms with Crippen molar-refractivity contribution in [1.82, 2.24) is 20.4 Å². The molecule has 1 aliphatic heterocycles. The Bertz CT molecular complexity index is 756. The summed E-state index contributed by atoms with van der Waals surface area (Å²) in [4.78, 5) is 20.4. The van der Waals surface area contributed by atoms with E-state index < -0.39 is 0 Å². The van der Waals surface area contributed by atoms with Crippen LogP contribution in [0.15, 0.2) is 23.2 Å². The first-order chi connectivity index (χ1) is 14.9. The average Bonchev–Trinajstić information content (AvgIpc) is 3.26. The van der Waals surface area contributed by atoms with E-state index in [1.54, 1.807) is 31.1 Å². The summed E-state index contributed by atoms with van der Waals surface area (Å²) < 4.78 is 19.0. The van der Waals surface area contributed by atoms with Gasteiger partial charge in [0.15, 0.2) is 17.5 Å². The highest BCUT2D eigenvalue weighted by Gasteiger charge is 2.22. The van der Waals surface area contributed by atoms with E-state index in [1.807, 2.05) is 6.07 Å². The Hall–Kier alpha value is -2.35. The molecular weight excluding hydrogens is 397 g/mol. The Morgan fingerprint density at radius 2 is 1.81 bits per heavy atom. The van der Waals surface area contributed by atoms with Crippen molar-refractivity contribution in [2.24, 2.45) is 4.99 Å². The summed E-state index contributed by atoms with van der Waals surface area (Å²) in [6.07, 6.45) is 6.74. The van der Waals surface area contributed by atoms with Gasteiger partial charge in [0.1, 0.15) is 6.54 Å². The van der Waals surface area contributed by atoms with Crippen LogP contribution in [0.25, 0.3) is 0 Å². The summed E-state index contributed by atoms with van der Waals surface area (Å²) in [5, 5.41) is 7.08. The van der Waals surface area contributed by atoms with Crippen LogP contribution in [0.5, 0.6) is 5.75 Å². The molecule has 2 fully saturated rings. The van der Waals surface area contributed by atoms with Crippen molar-refractivity contribution in [3.8, 4) is 5.75 Å². The fourth-order valence-corrected chi connectivity index (χ4v) is 4.18. The molecule has 3 rings (SSSR count). The fraction of sp³-hybridized carbons (Fsp3) is 0.652. The summed E-state index contributed by atoms with van der Waals surface area (Å²) in [7, 11) is 4.98. The zero-order chi connectivity index (χ0) is 22.2. The molecule has 7 nitrogen and oxygen atoms in total. The number of ether oxygens (including phenoxy) is 1. The van der Waals surface area contributed by atoms with Gasteiger partial charge < -0.3 is 20.3 Å². The smallest absolute Gasteiger partial charge is 0.243 e. The number of methoxy groups -OCH3 is 1. The number of halogens is 1. The minimum absolute atomic E-state index is 0.00550. The van der Waals surface area contributed by atoms with Crippen molar-refractivity contribution in [2.75, 3.05) is 40.8 Å². The van der Waals surface area contributed by atoms with E-state index in [1.165, 1.54) is 20.0 Å². The van der Waals surface area contributed by atoms with E-state index in [0.717, 1.165) is 56.8 Å². The maximum atomic E-state index is 14.0. The van der Waals surface area contributed by atoms with Gasteiger partial charge in [-0.3, -0.25) is 9.69 Å². The quantitative estimate of drug-likeness (QED) is 0.510. The lowest BCUT2D eigenvalue weighted by atomic mass is 10.0. The van der Waals surface area contributed by atoms with Crippen LogP contribution in [-0.4, -0.2) is 74.6 Å². The number of likely N-dealkylation sites (tertiary alicyclic amines) is 1. The van der Waals surface area contributed by atoms with Gasteiger partial charge in [-0.2, -0.15) is 0 Å². The molecule has 1 amide bonds. The van der Waals surface area contributed by atoms with E-state index >= 15 is 0 Å². The number of hydrogen-bond acceptors (Lipinski definition) is 4. The molecule has 8 heteroatoms. The Kier molecular flexibility index (Phi) is 8.51. The molecule has 0 bridgehead atoms. The van der Waals surface area contributed by atoms with Gasteiger partial charge in [0, 0.05) is 45.8 Å². The Morgan fingerprint density at radius 1 is 1.16 bits per heavy atom. The number of piperidine rings is 1. The van der Waals surface area contributed by atoms with Gasteiger partial charge in [-0.05, 0) is 43.4 Å². The normalized spacial score (nSPS) is 18.8. The number of nitrogens with one attached hydrogen (secondary N) is 2. The first kappa shape index (κ1) is 23.3. The van der Waals surface area contributed by atoms with E-state index in [9.17, 15) is 9.18 Å². The number of likely N-dealkylation sites (N-methyl/N-ethyl adjacent to an activating group) is 1. The van der Waals surface area contributed by atoms with Gasteiger partial charge in [0.25, 0.3) is 0 Å². The molecular formula is C23H36FN5O2. The van der Waals surface area contributed by atoms with Gasteiger partial charge in [-0.15, -0.1) is 0 Å². The highest BCUT2D eigenvalue weighted by atomic mass is 19.1. The van der Waals surface area contributed by atoms with Crippen LogP contribution in [0.3, 0.4) is 0 Å². The number of benzene rings is 1. The van der Waals surface area contributed by atoms with Crippen molar-refractivity contribution in [3.63, 3.8) is 0 Å². The largest absolute Gasteiger partial charge is 0.494 e. The standard InChI is InChI=1S/C23H36FN5O2/c1-28(2)22(30)15-25-23(26-18-6-4-5-7-18)27-19-10-12-29(13-11-19)16-17-8-9-21(31-3)20(24)14-17/h8-9,14,18-19H,4-7,10-13,15-16H2,1-3H3,(H2,25,26,27). The van der Waals surface area contributed by atoms with Crippen molar-refractivity contribution in [1.29, 1.82) is 0 Å². The number of rotatable bonds is 7. The molecule has 0 atom stereocenters. The highest BCUT2D eigenvalue weighted by molar-refractivity contribution is 5.85. The van der Waals surface area contributed by atoms with Gasteiger partial charge in [-0.25, -0.2) is 9.38 Å². The zero-order valence-electron chi connectivity index (χ0n) is 19.0. The third-order valence-electron chi connectivity index (χ3n) is 6.12. The first-order valence-electron chi connectivity index (χ1n) is 11.3. The maximum Gasteiger partial charge on any atom is 0.243 e. The lowest BCUT2D eigenvalue weighted by molar-refractivity contribution is -0.127. The molecule has 1 saturated heterocycles. The minimum Gasteiger partial charge on any atom is -0.494 e. The number of guanidine groups is 1. The van der Waals surface area contributed by atoms with E-state index in [-0.39, 0.29) is 24.0 Å². The molecule has 31 heavy (non-hydrogen) atoms. The van der Waals surface area contributed by atoms with Crippen LogP contribution in [-0.2, 0) is 11.3 Å².